The molecule has 0 bridgehead atoms. The van der Waals surface area contributed by atoms with Crippen molar-refractivity contribution in [1.29, 1.82) is 0 Å². The molecule has 1 aromatic heterocycles. The van der Waals surface area contributed by atoms with Gasteiger partial charge in [0.15, 0.2) is 0 Å². The molecule has 1 saturated heterocycles. The number of hydrogen-bond acceptors (Lipinski definition) is 6. The number of carbonyl (C=O) groups is 2. The quantitative estimate of drug-likeness (QED) is 0.459. The number of benzene rings is 2. The van der Waals surface area contributed by atoms with Crippen molar-refractivity contribution in [3.63, 3.8) is 0 Å². The third-order valence-electron chi connectivity index (χ3n) is 5.29. The summed E-state index contributed by atoms with van der Waals surface area (Å²) >= 11 is 0. The summed E-state index contributed by atoms with van der Waals surface area (Å²) in [6, 6.07) is 20.3. The van der Waals surface area contributed by atoms with Crippen molar-refractivity contribution in [3.8, 4) is 11.5 Å². The molecule has 1 atom stereocenters. The third kappa shape index (κ3) is 5.48. The van der Waals surface area contributed by atoms with E-state index in [9.17, 15) is 9.59 Å². The molecule has 2 heterocycles. The van der Waals surface area contributed by atoms with E-state index in [1.165, 1.54) is 6.08 Å². The number of para-hydroxylation sites is 1. The third-order valence-corrected chi connectivity index (χ3v) is 5.29. The summed E-state index contributed by atoms with van der Waals surface area (Å²) in [5, 5.41) is 6.09. The summed E-state index contributed by atoms with van der Waals surface area (Å²) in [7, 11) is 0. The molecule has 1 fully saturated rings. The maximum absolute atomic E-state index is 12.0. The normalized spacial score (nSPS) is 15.0. The number of amides is 2. The molecular formula is C25H25N5O3. The predicted octanol–water partition coefficient (Wildman–Crippen LogP) is 3.60. The molecule has 2 aromatic carbocycles. The van der Waals surface area contributed by atoms with E-state index in [4.69, 9.17) is 10.5 Å². The lowest BCUT2D eigenvalue weighted by atomic mass is 10.2. The second kappa shape index (κ2) is 9.86. The molecule has 8 heteroatoms. The van der Waals surface area contributed by atoms with E-state index in [0.717, 1.165) is 24.4 Å². The molecule has 4 rings (SSSR count). The van der Waals surface area contributed by atoms with Crippen LogP contribution < -0.4 is 26.0 Å². The fourth-order valence-electron chi connectivity index (χ4n) is 3.63. The Bertz CT molecular complexity index is 1150. The van der Waals surface area contributed by atoms with E-state index >= 15 is 0 Å². The molecular weight excluding hydrogens is 418 g/mol. The van der Waals surface area contributed by atoms with Crippen LogP contribution in [-0.2, 0) is 4.79 Å². The second-order valence-corrected chi connectivity index (χ2v) is 7.64. The lowest BCUT2D eigenvalue weighted by Crippen LogP contribution is -2.36. The number of ether oxygens (including phenoxy) is 1. The number of primary amides is 1. The molecule has 1 aliphatic rings. The van der Waals surface area contributed by atoms with E-state index < -0.39 is 5.91 Å². The van der Waals surface area contributed by atoms with Gasteiger partial charge in [0.05, 0.1) is 5.56 Å². The van der Waals surface area contributed by atoms with Gasteiger partial charge in [0, 0.05) is 24.8 Å². The number of nitrogens with zero attached hydrogens (tertiary/aromatic N) is 2. The van der Waals surface area contributed by atoms with Gasteiger partial charge in [0.2, 0.25) is 5.91 Å². The van der Waals surface area contributed by atoms with Crippen LogP contribution in [0.25, 0.3) is 0 Å². The summed E-state index contributed by atoms with van der Waals surface area (Å²) < 4.78 is 5.82. The number of aromatic nitrogens is 1. The van der Waals surface area contributed by atoms with E-state index in [1.54, 1.807) is 12.1 Å². The average molecular weight is 444 g/mol. The summed E-state index contributed by atoms with van der Waals surface area (Å²) in [6.45, 7) is 4.84. The van der Waals surface area contributed by atoms with Crippen LogP contribution in [0.2, 0.25) is 0 Å². The van der Waals surface area contributed by atoms with E-state index in [1.807, 2.05) is 54.6 Å². The van der Waals surface area contributed by atoms with Gasteiger partial charge < -0.3 is 26.0 Å². The summed E-state index contributed by atoms with van der Waals surface area (Å²) in [6.07, 6.45) is 2.06. The van der Waals surface area contributed by atoms with Crippen molar-refractivity contribution in [2.24, 2.45) is 5.73 Å². The molecule has 1 aliphatic heterocycles. The zero-order valence-electron chi connectivity index (χ0n) is 18.0. The zero-order valence-corrected chi connectivity index (χ0v) is 18.0. The van der Waals surface area contributed by atoms with Crippen molar-refractivity contribution in [1.82, 2.24) is 10.3 Å². The molecule has 168 valence electrons. The SMILES string of the molecule is C=CC(=O)N[C@H]1CCN(c2ccc(C(N)=O)c(Nc3ccc(Oc4ccccc4)cc3)n2)C1. The number of nitrogens with two attached hydrogens (primary N) is 1. The van der Waals surface area contributed by atoms with Crippen LogP contribution in [-0.4, -0.2) is 35.9 Å². The van der Waals surface area contributed by atoms with Crippen molar-refractivity contribution >= 4 is 29.1 Å². The topological polar surface area (TPSA) is 110 Å². The van der Waals surface area contributed by atoms with Gasteiger partial charge in [-0.25, -0.2) is 4.98 Å². The Morgan fingerprint density at radius 1 is 1.06 bits per heavy atom. The highest BCUT2D eigenvalue weighted by Crippen LogP contribution is 2.27. The summed E-state index contributed by atoms with van der Waals surface area (Å²) in [5.74, 6) is 1.74. The maximum atomic E-state index is 12.0. The van der Waals surface area contributed by atoms with Crippen molar-refractivity contribution in [3.05, 3.63) is 84.9 Å². The van der Waals surface area contributed by atoms with E-state index in [0.29, 0.717) is 29.5 Å². The Morgan fingerprint density at radius 2 is 1.79 bits per heavy atom. The first-order valence-electron chi connectivity index (χ1n) is 10.6. The Balaban J connectivity index is 1.49. The largest absolute Gasteiger partial charge is 0.457 e. The Labute approximate surface area is 192 Å². The van der Waals surface area contributed by atoms with Gasteiger partial charge in [-0.2, -0.15) is 0 Å². The minimum Gasteiger partial charge on any atom is -0.457 e. The lowest BCUT2D eigenvalue weighted by molar-refractivity contribution is -0.117. The van der Waals surface area contributed by atoms with Gasteiger partial charge in [0.1, 0.15) is 23.1 Å². The molecule has 0 aliphatic carbocycles. The van der Waals surface area contributed by atoms with Gasteiger partial charge in [-0.05, 0) is 61.0 Å². The van der Waals surface area contributed by atoms with Crippen molar-refractivity contribution < 1.29 is 14.3 Å². The zero-order chi connectivity index (χ0) is 23.2. The molecule has 0 radical (unpaired) electrons. The average Bonchev–Trinajstić information content (AvgIpc) is 3.29. The Morgan fingerprint density at radius 3 is 2.48 bits per heavy atom. The standard InChI is InChI=1S/C25H25N5O3/c1-2-23(31)27-18-14-15-30(16-18)22-13-12-21(24(26)32)25(29-22)28-17-8-10-20(11-9-17)33-19-6-4-3-5-7-19/h2-13,18H,1,14-16H2,(H2,26,32)(H,27,31)(H,28,29)/t18-/m0/s1. The van der Waals surface area contributed by atoms with Crippen molar-refractivity contribution in [2.45, 2.75) is 12.5 Å². The highest BCUT2D eigenvalue weighted by Gasteiger charge is 2.25. The van der Waals surface area contributed by atoms with Crippen molar-refractivity contribution in [2.75, 3.05) is 23.3 Å². The summed E-state index contributed by atoms with van der Waals surface area (Å²) in [5.41, 5.74) is 6.59. The Kier molecular flexibility index (Phi) is 6.54. The van der Waals surface area contributed by atoms with Gasteiger partial charge in [-0.3, -0.25) is 9.59 Å². The van der Waals surface area contributed by atoms with Crippen LogP contribution in [0.4, 0.5) is 17.3 Å². The fourth-order valence-corrected chi connectivity index (χ4v) is 3.63. The first-order chi connectivity index (χ1) is 16.0. The minimum absolute atomic E-state index is 0.0154. The first kappa shape index (κ1) is 21.9. The van der Waals surface area contributed by atoms with Crippen LogP contribution in [0.15, 0.2) is 79.4 Å². The lowest BCUT2D eigenvalue weighted by Gasteiger charge is -2.20. The molecule has 0 spiro atoms. The number of nitrogens with one attached hydrogen (secondary N) is 2. The molecule has 2 amide bonds. The number of rotatable bonds is 8. The minimum atomic E-state index is -0.571. The molecule has 33 heavy (non-hydrogen) atoms. The van der Waals surface area contributed by atoms with Crippen LogP contribution >= 0.6 is 0 Å². The predicted molar refractivity (Wildman–Crippen MR) is 128 cm³/mol. The maximum Gasteiger partial charge on any atom is 0.252 e. The van der Waals surface area contributed by atoms with Crippen LogP contribution in [0.3, 0.4) is 0 Å². The van der Waals surface area contributed by atoms with Crippen LogP contribution in [0.1, 0.15) is 16.8 Å². The molecule has 0 saturated carbocycles. The monoisotopic (exact) mass is 443 g/mol. The second-order valence-electron chi connectivity index (χ2n) is 7.64. The number of hydrogen-bond donors (Lipinski definition) is 3. The van der Waals surface area contributed by atoms with Gasteiger partial charge in [-0.1, -0.05) is 24.8 Å². The Hall–Kier alpha value is -4.33. The van der Waals surface area contributed by atoms with Crippen LogP contribution in [0, 0.1) is 0 Å². The molecule has 8 nitrogen and oxygen atoms in total. The highest BCUT2D eigenvalue weighted by atomic mass is 16.5. The van der Waals surface area contributed by atoms with Gasteiger partial charge in [-0.15, -0.1) is 0 Å². The van der Waals surface area contributed by atoms with Gasteiger partial charge >= 0.3 is 0 Å². The number of carbonyl (C=O) groups excluding carboxylic acids is 2. The fraction of sp³-hybridized carbons (Fsp3) is 0.160. The summed E-state index contributed by atoms with van der Waals surface area (Å²) in [4.78, 5) is 30.2. The van der Waals surface area contributed by atoms with Crippen LogP contribution in [0.5, 0.6) is 11.5 Å². The molecule has 3 aromatic rings. The first-order valence-corrected chi connectivity index (χ1v) is 10.6. The highest BCUT2D eigenvalue weighted by molar-refractivity contribution is 5.98. The van der Waals surface area contributed by atoms with E-state index in [-0.39, 0.29) is 11.9 Å². The molecule has 0 unspecified atom stereocenters. The number of anilines is 3. The van der Waals surface area contributed by atoms with E-state index in [2.05, 4.69) is 27.1 Å². The van der Waals surface area contributed by atoms with Gasteiger partial charge in [0.25, 0.3) is 5.91 Å². The molecule has 4 N–H and O–H groups in total. The smallest absolute Gasteiger partial charge is 0.252 e. The number of pyridine rings is 1.